The van der Waals surface area contributed by atoms with Crippen molar-refractivity contribution in [3.63, 3.8) is 0 Å². The predicted octanol–water partition coefficient (Wildman–Crippen LogP) is 0.222. The fourth-order valence-electron chi connectivity index (χ4n) is 1.54. The van der Waals surface area contributed by atoms with E-state index in [0.717, 1.165) is 18.5 Å². The zero-order valence-corrected chi connectivity index (χ0v) is 11.1. The van der Waals surface area contributed by atoms with Gasteiger partial charge in [0.05, 0.1) is 6.61 Å². The molecule has 0 bridgehead atoms. The van der Waals surface area contributed by atoms with E-state index in [1.165, 1.54) is 6.07 Å². The Morgan fingerprint density at radius 1 is 1.40 bits per heavy atom. The van der Waals surface area contributed by atoms with E-state index in [1.54, 1.807) is 0 Å². The Morgan fingerprint density at radius 2 is 2.20 bits per heavy atom. The number of aliphatic hydroxyl groups is 1. The van der Waals surface area contributed by atoms with E-state index in [9.17, 15) is 12.8 Å². The van der Waals surface area contributed by atoms with Gasteiger partial charge in [0.1, 0.15) is 10.7 Å². The molecule has 7 nitrogen and oxygen atoms in total. The Hall–Kier alpha value is -1.84. The lowest BCUT2D eigenvalue weighted by Crippen LogP contribution is -2.27. The normalized spacial score (nSPS) is 11.7. The van der Waals surface area contributed by atoms with E-state index >= 15 is 0 Å². The van der Waals surface area contributed by atoms with Gasteiger partial charge in [0.25, 0.3) is 0 Å². The van der Waals surface area contributed by atoms with Crippen molar-refractivity contribution in [1.29, 1.82) is 0 Å². The molecule has 0 aliphatic rings. The molecule has 0 amide bonds. The summed E-state index contributed by atoms with van der Waals surface area (Å²) >= 11 is 0. The van der Waals surface area contributed by atoms with Crippen LogP contribution in [-0.2, 0) is 23.1 Å². The van der Waals surface area contributed by atoms with E-state index in [2.05, 4.69) is 19.4 Å². The minimum atomic E-state index is -3.96. The van der Waals surface area contributed by atoms with Gasteiger partial charge in [-0.15, -0.1) is 0 Å². The van der Waals surface area contributed by atoms with Gasteiger partial charge in [-0.25, -0.2) is 17.5 Å². The highest BCUT2D eigenvalue weighted by Crippen LogP contribution is 2.16. The van der Waals surface area contributed by atoms with Gasteiger partial charge in [-0.2, -0.15) is 4.98 Å². The third kappa shape index (κ3) is 3.38. The van der Waals surface area contributed by atoms with Crippen molar-refractivity contribution in [2.75, 3.05) is 6.54 Å². The van der Waals surface area contributed by atoms with Crippen LogP contribution in [-0.4, -0.2) is 30.2 Å². The monoisotopic (exact) mass is 301 g/mol. The van der Waals surface area contributed by atoms with E-state index in [-0.39, 0.29) is 19.6 Å². The third-order valence-electron chi connectivity index (χ3n) is 2.52. The molecule has 9 heteroatoms. The molecule has 20 heavy (non-hydrogen) atoms. The lowest BCUT2D eigenvalue weighted by Gasteiger charge is -2.07. The molecule has 0 saturated carbocycles. The van der Waals surface area contributed by atoms with E-state index in [4.69, 9.17) is 5.11 Å². The molecule has 0 spiro atoms. The summed E-state index contributed by atoms with van der Waals surface area (Å²) < 4.78 is 44.2. The van der Waals surface area contributed by atoms with E-state index < -0.39 is 20.7 Å². The average Bonchev–Trinajstić information content (AvgIpc) is 2.91. The molecule has 1 heterocycles. The number of aromatic nitrogens is 2. The molecular weight excluding hydrogens is 289 g/mol. The Balaban J connectivity index is 2.06. The maximum atomic E-state index is 13.7. The van der Waals surface area contributed by atoms with Crippen LogP contribution in [0.15, 0.2) is 34.0 Å². The van der Waals surface area contributed by atoms with Crippen molar-refractivity contribution in [2.45, 2.75) is 17.9 Å². The lowest BCUT2D eigenvalue weighted by molar-refractivity contribution is 0.281. The van der Waals surface area contributed by atoms with Gasteiger partial charge >= 0.3 is 0 Å². The minimum Gasteiger partial charge on any atom is -0.392 e. The van der Waals surface area contributed by atoms with Crippen LogP contribution in [0.2, 0.25) is 0 Å². The van der Waals surface area contributed by atoms with Crippen LogP contribution in [0.25, 0.3) is 0 Å². The molecule has 0 fully saturated rings. The summed E-state index contributed by atoms with van der Waals surface area (Å²) in [5, 5.41) is 12.4. The van der Waals surface area contributed by atoms with Crippen LogP contribution < -0.4 is 4.72 Å². The standard InChI is InChI=1S/C11H12FN3O4S/c12-9-5-8(6-16)1-2-10(9)20(17,18)14-4-3-11-13-7-19-15-11/h1-2,5,7,14,16H,3-4,6H2. The molecule has 0 unspecified atom stereocenters. The molecule has 0 radical (unpaired) electrons. The molecule has 0 atom stereocenters. The Labute approximate surface area is 114 Å². The highest BCUT2D eigenvalue weighted by Gasteiger charge is 2.19. The maximum absolute atomic E-state index is 13.7. The van der Waals surface area contributed by atoms with Gasteiger partial charge < -0.3 is 9.63 Å². The SMILES string of the molecule is O=S(=O)(NCCc1ncon1)c1ccc(CO)cc1F. The summed E-state index contributed by atoms with van der Waals surface area (Å²) in [6, 6.07) is 3.43. The Kier molecular flexibility index (Phi) is 4.42. The smallest absolute Gasteiger partial charge is 0.243 e. The quantitative estimate of drug-likeness (QED) is 0.791. The summed E-state index contributed by atoms with van der Waals surface area (Å²) in [6.45, 7) is -0.342. The largest absolute Gasteiger partial charge is 0.392 e. The molecule has 0 aliphatic heterocycles. The number of halogens is 1. The fourth-order valence-corrected chi connectivity index (χ4v) is 2.63. The molecule has 2 rings (SSSR count). The summed E-state index contributed by atoms with van der Waals surface area (Å²) in [4.78, 5) is 3.26. The van der Waals surface area contributed by atoms with E-state index in [0.29, 0.717) is 11.4 Å². The molecular formula is C11H12FN3O4S. The van der Waals surface area contributed by atoms with Crippen LogP contribution in [0.1, 0.15) is 11.4 Å². The summed E-state index contributed by atoms with van der Waals surface area (Å²) in [5.41, 5.74) is 0.299. The maximum Gasteiger partial charge on any atom is 0.243 e. The molecule has 2 N–H and O–H groups in total. The highest BCUT2D eigenvalue weighted by molar-refractivity contribution is 7.89. The number of nitrogens with zero attached hydrogens (tertiary/aromatic N) is 2. The van der Waals surface area contributed by atoms with Crippen molar-refractivity contribution in [3.8, 4) is 0 Å². The van der Waals surface area contributed by atoms with Crippen molar-refractivity contribution in [3.05, 3.63) is 41.8 Å². The van der Waals surface area contributed by atoms with Gasteiger partial charge in [-0.05, 0) is 17.7 Å². The minimum absolute atomic E-state index is 0.0169. The number of hydrogen-bond donors (Lipinski definition) is 2. The number of rotatable bonds is 6. The molecule has 0 saturated heterocycles. The van der Waals surface area contributed by atoms with Crippen LogP contribution in [0.3, 0.4) is 0 Å². The van der Waals surface area contributed by atoms with Gasteiger partial charge in [0.15, 0.2) is 5.82 Å². The Morgan fingerprint density at radius 3 is 2.80 bits per heavy atom. The topological polar surface area (TPSA) is 105 Å². The zero-order chi connectivity index (χ0) is 14.6. The number of sulfonamides is 1. The number of aliphatic hydroxyl groups excluding tert-OH is 1. The lowest BCUT2D eigenvalue weighted by atomic mass is 10.2. The summed E-state index contributed by atoms with van der Waals surface area (Å²) in [7, 11) is -3.96. The second kappa shape index (κ2) is 6.07. The van der Waals surface area contributed by atoms with Crippen molar-refractivity contribution in [1.82, 2.24) is 14.9 Å². The number of benzene rings is 1. The van der Waals surface area contributed by atoms with Crippen molar-refractivity contribution >= 4 is 10.0 Å². The summed E-state index contributed by atoms with van der Waals surface area (Å²) in [6.07, 6.45) is 1.36. The van der Waals surface area contributed by atoms with Crippen molar-refractivity contribution in [2.24, 2.45) is 0 Å². The zero-order valence-electron chi connectivity index (χ0n) is 10.3. The first-order valence-corrected chi connectivity index (χ1v) is 7.15. The first-order valence-electron chi connectivity index (χ1n) is 5.67. The average molecular weight is 301 g/mol. The molecule has 108 valence electrons. The predicted molar refractivity (Wildman–Crippen MR) is 65.5 cm³/mol. The number of nitrogens with one attached hydrogen (secondary N) is 1. The second-order valence-electron chi connectivity index (χ2n) is 3.92. The van der Waals surface area contributed by atoms with Crippen LogP contribution >= 0.6 is 0 Å². The molecule has 2 aromatic rings. The van der Waals surface area contributed by atoms with Crippen LogP contribution in [0, 0.1) is 5.82 Å². The highest BCUT2D eigenvalue weighted by atomic mass is 32.2. The van der Waals surface area contributed by atoms with Gasteiger partial charge in [0.2, 0.25) is 16.4 Å². The van der Waals surface area contributed by atoms with Gasteiger partial charge in [-0.1, -0.05) is 11.2 Å². The molecule has 0 aliphatic carbocycles. The third-order valence-corrected chi connectivity index (χ3v) is 4.01. The van der Waals surface area contributed by atoms with Gasteiger partial charge in [-0.3, -0.25) is 0 Å². The van der Waals surface area contributed by atoms with Crippen LogP contribution in [0.5, 0.6) is 0 Å². The first-order chi connectivity index (χ1) is 9.53. The van der Waals surface area contributed by atoms with Crippen LogP contribution in [0.4, 0.5) is 4.39 Å². The second-order valence-corrected chi connectivity index (χ2v) is 5.65. The van der Waals surface area contributed by atoms with E-state index in [1.807, 2.05) is 0 Å². The fraction of sp³-hybridized carbons (Fsp3) is 0.273. The van der Waals surface area contributed by atoms with Gasteiger partial charge in [0, 0.05) is 13.0 Å². The molecule has 1 aromatic carbocycles. The van der Waals surface area contributed by atoms with Crippen molar-refractivity contribution < 1.29 is 22.4 Å². The summed E-state index contributed by atoms with van der Waals surface area (Å²) in [5.74, 6) is -0.563. The first kappa shape index (κ1) is 14.6. The molecule has 1 aromatic heterocycles. The number of hydrogen-bond acceptors (Lipinski definition) is 6. The Bertz CT molecular complexity index is 673.